The van der Waals surface area contributed by atoms with Gasteiger partial charge in [-0.15, -0.1) is 0 Å². The summed E-state index contributed by atoms with van der Waals surface area (Å²) < 4.78 is 5.00. The van der Waals surface area contributed by atoms with Gasteiger partial charge in [-0.25, -0.2) is 0 Å². The molecule has 1 saturated heterocycles. The number of ether oxygens (including phenoxy) is 1. The predicted octanol–water partition coefficient (Wildman–Crippen LogP) is 1.65. The van der Waals surface area contributed by atoms with E-state index in [9.17, 15) is 4.79 Å². The van der Waals surface area contributed by atoms with Crippen LogP contribution in [0.25, 0.3) is 0 Å². The zero-order chi connectivity index (χ0) is 13.8. The van der Waals surface area contributed by atoms with E-state index in [1.54, 1.807) is 0 Å². The van der Waals surface area contributed by atoms with Crippen LogP contribution in [0.4, 0.5) is 0 Å². The van der Waals surface area contributed by atoms with Crippen LogP contribution in [0.15, 0.2) is 0 Å². The maximum Gasteiger partial charge on any atom is 0.310 e. The minimum absolute atomic E-state index is 0.0313. The molecule has 0 aromatic heterocycles. The summed E-state index contributed by atoms with van der Waals surface area (Å²) in [5.41, 5.74) is 0. The molecule has 2 rings (SSSR count). The first kappa shape index (κ1) is 14.8. The van der Waals surface area contributed by atoms with Gasteiger partial charge in [-0.1, -0.05) is 0 Å². The van der Waals surface area contributed by atoms with Crippen LogP contribution in [-0.2, 0) is 9.53 Å². The maximum absolute atomic E-state index is 12.0. The lowest BCUT2D eigenvalue weighted by atomic mass is 9.83. The molecule has 0 amide bonds. The van der Waals surface area contributed by atoms with E-state index in [-0.39, 0.29) is 11.9 Å². The quantitative estimate of drug-likeness (QED) is 0.744. The number of methoxy groups -OCH3 is 1. The normalized spacial score (nSPS) is 23.6. The van der Waals surface area contributed by atoms with Crippen molar-refractivity contribution >= 4 is 5.97 Å². The van der Waals surface area contributed by atoms with Gasteiger partial charge in [0.05, 0.1) is 13.0 Å². The van der Waals surface area contributed by atoms with Gasteiger partial charge in [0.1, 0.15) is 0 Å². The topological polar surface area (TPSA) is 41.6 Å². The second-order valence-corrected chi connectivity index (χ2v) is 6.28. The Morgan fingerprint density at radius 3 is 2.37 bits per heavy atom. The van der Waals surface area contributed by atoms with Gasteiger partial charge in [0, 0.05) is 18.6 Å². The number of esters is 1. The van der Waals surface area contributed by atoms with Crippen LogP contribution in [0.1, 0.15) is 39.5 Å². The average Bonchev–Trinajstić information content (AvgIpc) is 3.23. The van der Waals surface area contributed by atoms with E-state index in [1.165, 1.54) is 20.0 Å². The number of piperidine rings is 1. The molecule has 0 radical (unpaired) electrons. The van der Waals surface area contributed by atoms with Crippen LogP contribution in [0, 0.1) is 11.8 Å². The van der Waals surface area contributed by atoms with Gasteiger partial charge in [-0.3, -0.25) is 4.79 Å². The number of hydrogen-bond acceptors (Lipinski definition) is 4. The molecule has 4 nitrogen and oxygen atoms in total. The van der Waals surface area contributed by atoms with E-state index in [1.807, 2.05) is 0 Å². The van der Waals surface area contributed by atoms with Crippen LogP contribution >= 0.6 is 0 Å². The first-order valence-corrected chi connectivity index (χ1v) is 7.67. The lowest BCUT2D eigenvalue weighted by Crippen LogP contribution is -2.44. The van der Waals surface area contributed by atoms with Crippen LogP contribution < -0.4 is 5.32 Å². The van der Waals surface area contributed by atoms with Gasteiger partial charge in [0.2, 0.25) is 0 Å². The van der Waals surface area contributed by atoms with Crippen molar-refractivity contribution in [2.75, 3.05) is 26.7 Å². The van der Waals surface area contributed by atoms with E-state index < -0.39 is 0 Å². The molecular weight excluding hydrogens is 240 g/mol. The van der Waals surface area contributed by atoms with Crippen molar-refractivity contribution in [2.24, 2.45) is 11.8 Å². The van der Waals surface area contributed by atoms with Crippen molar-refractivity contribution in [2.45, 2.75) is 51.6 Å². The molecule has 1 N–H and O–H groups in total. The Balaban J connectivity index is 1.85. The van der Waals surface area contributed by atoms with Crippen molar-refractivity contribution in [3.63, 3.8) is 0 Å². The summed E-state index contributed by atoms with van der Waals surface area (Å²) in [5.74, 6) is 0.491. The third-order valence-electron chi connectivity index (χ3n) is 4.58. The molecule has 0 bridgehead atoms. The minimum Gasteiger partial charge on any atom is -0.469 e. The highest BCUT2D eigenvalue weighted by Crippen LogP contribution is 2.28. The number of carbonyl (C=O) groups is 1. The number of rotatable bonds is 6. The van der Waals surface area contributed by atoms with E-state index >= 15 is 0 Å². The molecule has 1 saturated carbocycles. The molecule has 110 valence electrons. The molecule has 0 aromatic carbocycles. The predicted molar refractivity (Wildman–Crippen MR) is 76.0 cm³/mol. The summed E-state index contributed by atoms with van der Waals surface area (Å²) >= 11 is 0. The standard InChI is InChI=1S/C15H28N2O2/c1-11(2)17-8-6-12(7-9-17)14(15(18)19-3)10-16-13-4-5-13/h11-14,16H,4-10H2,1-3H3. The summed E-state index contributed by atoms with van der Waals surface area (Å²) in [6.07, 6.45) is 4.76. The molecule has 0 aromatic rings. The summed E-state index contributed by atoms with van der Waals surface area (Å²) in [7, 11) is 1.51. The van der Waals surface area contributed by atoms with E-state index in [0.29, 0.717) is 18.0 Å². The Labute approximate surface area is 116 Å². The van der Waals surface area contributed by atoms with Gasteiger partial charge in [0.25, 0.3) is 0 Å². The second kappa shape index (κ2) is 6.71. The molecule has 19 heavy (non-hydrogen) atoms. The first-order valence-electron chi connectivity index (χ1n) is 7.67. The van der Waals surface area contributed by atoms with Crippen LogP contribution in [0.5, 0.6) is 0 Å². The van der Waals surface area contributed by atoms with Crippen LogP contribution in [0.2, 0.25) is 0 Å². The van der Waals surface area contributed by atoms with E-state index in [2.05, 4.69) is 24.1 Å². The Kier molecular flexibility index (Phi) is 5.22. The van der Waals surface area contributed by atoms with Gasteiger partial charge >= 0.3 is 5.97 Å². The average molecular weight is 268 g/mol. The zero-order valence-corrected chi connectivity index (χ0v) is 12.5. The molecule has 1 unspecified atom stereocenters. The zero-order valence-electron chi connectivity index (χ0n) is 12.5. The number of nitrogens with one attached hydrogen (secondary N) is 1. The fourth-order valence-electron chi connectivity index (χ4n) is 3.01. The SMILES string of the molecule is COC(=O)C(CNC1CC1)C1CCN(C(C)C)CC1. The monoisotopic (exact) mass is 268 g/mol. The number of nitrogens with zero attached hydrogens (tertiary/aromatic N) is 1. The molecule has 4 heteroatoms. The minimum atomic E-state index is -0.0313. The smallest absolute Gasteiger partial charge is 0.310 e. The third-order valence-corrected chi connectivity index (χ3v) is 4.58. The summed E-state index contributed by atoms with van der Waals surface area (Å²) in [6, 6.07) is 1.27. The lowest BCUT2D eigenvalue weighted by molar-refractivity contribution is -0.148. The van der Waals surface area contributed by atoms with Crippen molar-refractivity contribution in [3.05, 3.63) is 0 Å². The highest BCUT2D eigenvalue weighted by molar-refractivity contribution is 5.73. The Morgan fingerprint density at radius 2 is 1.89 bits per heavy atom. The van der Waals surface area contributed by atoms with Crippen molar-refractivity contribution < 1.29 is 9.53 Å². The first-order chi connectivity index (χ1) is 9.11. The molecule has 2 fully saturated rings. The molecule has 2 aliphatic rings. The maximum atomic E-state index is 12.0. The van der Waals surface area contributed by atoms with Crippen molar-refractivity contribution in [1.82, 2.24) is 10.2 Å². The largest absolute Gasteiger partial charge is 0.469 e. The Hall–Kier alpha value is -0.610. The van der Waals surface area contributed by atoms with Gasteiger partial charge in [-0.2, -0.15) is 0 Å². The highest BCUT2D eigenvalue weighted by Gasteiger charge is 2.33. The van der Waals surface area contributed by atoms with Gasteiger partial charge in [-0.05, 0) is 58.5 Å². The van der Waals surface area contributed by atoms with E-state index in [4.69, 9.17) is 4.74 Å². The van der Waals surface area contributed by atoms with Gasteiger partial charge in [0.15, 0.2) is 0 Å². The van der Waals surface area contributed by atoms with E-state index in [0.717, 1.165) is 32.5 Å². The Bertz CT molecular complexity index is 295. The summed E-state index contributed by atoms with van der Waals surface area (Å²) in [5, 5.41) is 3.49. The summed E-state index contributed by atoms with van der Waals surface area (Å²) in [6.45, 7) is 7.50. The van der Waals surface area contributed by atoms with Gasteiger partial charge < -0.3 is 15.0 Å². The molecule has 1 heterocycles. The van der Waals surface area contributed by atoms with Crippen molar-refractivity contribution in [3.8, 4) is 0 Å². The molecule has 1 aliphatic carbocycles. The lowest BCUT2D eigenvalue weighted by Gasteiger charge is -2.37. The number of likely N-dealkylation sites (tertiary alicyclic amines) is 1. The fourth-order valence-corrected chi connectivity index (χ4v) is 3.01. The van der Waals surface area contributed by atoms with Crippen LogP contribution in [0.3, 0.4) is 0 Å². The summed E-state index contributed by atoms with van der Waals surface area (Å²) in [4.78, 5) is 14.5. The highest BCUT2D eigenvalue weighted by atomic mass is 16.5. The van der Waals surface area contributed by atoms with Crippen molar-refractivity contribution in [1.29, 1.82) is 0 Å². The second-order valence-electron chi connectivity index (χ2n) is 6.28. The number of hydrogen-bond donors (Lipinski definition) is 1. The third kappa shape index (κ3) is 4.18. The molecule has 1 atom stereocenters. The molecular formula is C15H28N2O2. The van der Waals surface area contributed by atoms with Crippen LogP contribution in [-0.4, -0.2) is 49.7 Å². The molecule has 1 aliphatic heterocycles. The Morgan fingerprint density at radius 1 is 1.26 bits per heavy atom. The number of carbonyl (C=O) groups excluding carboxylic acids is 1. The fraction of sp³-hybridized carbons (Fsp3) is 0.933. The molecule has 0 spiro atoms.